The summed E-state index contributed by atoms with van der Waals surface area (Å²) in [5, 5.41) is 4.31. The first-order chi connectivity index (χ1) is 16.8. The van der Waals surface area contributed by atoms with E-state index in [1.54, 1.807) is 30.3 Å². The van der Waals surface area contributed by atoms with Crippen LogP contribution in [0.15, 0.2) is 40.1 Å². The molecule has 0 aliphatic heterocycles. The molecule has 0 saturated heterocycles. The molecule has 1 aliphatic carbocycles. The number of hydrogen-bond acceptors (Lipinski definition) is 4. The highest BCUT2D eigenvalue weighted by Gasteiger charge is 2.30. The van der Waals surface area contributed by atoms with Gasteiger partial charge < -0.3 is 4.74 Å². The number of carbonyl (C=O) groups excluding carboxylic acids is 1. The Morgan fingerprint density at radius 3 is 2.17 bits per heavy atom. The molecule has 35 heavy (non-hydrogen) atoms. The first-order valence-electron chi connectivity index (χ1n) is 11.3. The van der Waals surface area contributed by atoms with E-state index in [-0.39, 0.29) is 34.7 Å². The van der Waals surface area contributed by atoms with Gasteiger partial charge in [-0.1, -0.05) is 62.1 Å². The molecule has 1 saturated carbocycles. The Bertz CT molecular complexity index is 1200. The van der Waals surface area contributed by atoms with Gasteiger partial charge in [0.2, 0.25) is 11.7 Å². The van der Waals surface area contributed by atoms with Crippen molar-refractivity contribution in [2.45, 2.75) is 61.7 Å². The van der Waals surface area contributed by atoms with Gasteiger partial charge in [0, 0.05) is 6.42 Å². The highest BCUT2D eigenvalue weighted by Crippen LogP contribution is 2.42. The smallest absolute Gasteiger partial charge is 0.312 e. The minimum atomic E-state index is -2.24. The molecule has 2 aromatic carbocycles. The SMILES string of the molecule is Cc1nn(-c2ccccc2)c(OC(=O)CCC2CCCCC2)c1Sc1c(F)c(F)c(F)c(F)c1F. The van der Waals surface area contributed by atoms with Crippen molar-refractivity contribution in [2.75, 3.05) is 0 Å². The molecule has 0 radical (unpaired) electrons. The second-order valence-electron chi connectivity index (χ2n) is 8.48. The second-order valence-corrected chi connectivity index (χ2v) is 9.51. The Labute approximate surface area is 203 Å². The van der Waals surface area contributed by atoms with Crippen LogP contribution >= 0.6 is 11.8 Å². The van der Waals surface area contributed by atoms with E-state index in [2.05, 4.69) is 5.10 Å². The minimum absolute atomic E-state index is 0.0249. The van der Waals surface area contributed by atoms with Crippen LogP contribution in [0.3, 0.4) is 0 Å². The zero-order chi connectivity index (χ0) is 25.1. The largest absolute Gasteiger partial charge is 0.406 e. The van der Waals surface area contributed by atoms with Gasteiger partial charge >= 0.3 is 5.97 Å². The van der Waals surface area contributed by atoms with E-state index in [1.165, 1.54) is 18.0 Å². The van der Waals surface area contributed by atoms with E-state index in [9.17, 15) is 26.7 Å². The van der Waals surface area contributed by atoms with Gasteiger partial charge in [-0.15, -0.1) is 0 Å². The fraction of sp³-hybridized carbons (Fsp3) is 0.360. The lowest BCUT2D eigenvalue weighted by Gasteiger charge is -2.20. The Hall–Kier alpha value is -2.88. The molecule has 0 spiro atoms. The Balaban J connectivity index is 1.69. The van der Waals surface area contributed by atoms with Crippen molar-refractivity contribution in [1.82, 2.24) is 9.78 Å². The molecule has 4 nitrogen and oxygen atoms in total. The molecule has 1 aromatic heterocycles. The Morgan fingerprint density at radius 2 is 1.54 bits per heavy atom. The normalized spacial score (nSPS) is 14.3. The topological polar surface area (TPSA) is 44.1 Å². The van der Waals surface area contributed by atoms with Crippen molar-refractivity contribution >= 4 is 17.7 Å². The molecule has 10 heteroatoms. The molecule has 0 atom stereocenters. The van der Waals surface area contributed by atoms with Crippen LogP contribution < -0.4 is 4.74 Å². The summed E-state index contributed by atoms with van der Waals surface area (Å²) in [6.07, 6.45) is 6.33. The predicted molar refractivity (Wildman–Crippen MR) is 120 cm³/mol. The van der Waals surface area contributed by atoms with Gasteiger partial charge in [-0.3, -0.25) is 4.79 Å². The van der Waals surface area contributed by atoms with Crippen molar-refractivity contribution < 1.29 is 31.5 Å². The van der Waals surface area contributed by atoms with Crippen molar-refractivity contribution in [3.63, 3.8) is 0 Å². The van der Waals surface area contributed by atoms with Crippen LogP contribution in [0.5, 0.6) is 5.88 Å². The van der Waals surface area contributed by atoms with E-state index in [1.807, 2.05) is 0 Å². The van der Waals surface area contributed by atoms with Gasteiger partial charge in [0.15, 0.2) is 23.3 Å². The van der Waals surface area contributed by atoms with E-state index < -0.39 is 40.0 Å². The van der Waals surface area contributed by atoms with E-state index in [4.69, 9.17) is 4.74 Å². The van der Waals surface area contributed by atoms with Crippen molar-refractivity contribution in [1.29, 1.82) is 0 Å². The molecule has 1 fully saturated rings. The predicted octanol–water partition coefficient (Wildman–Crippen LogP) is 7.29. The molecular formula is C25H23F5N2O2S. The molecule has 3 aromatic rings. The number of hydrogen-bond donors (Lipinski definition) is 0. The van der Waals surface area contributed by atoms with Crippen LogP contribution in [0.2, 0.25) is 0 Å². The number of carbonyl (C=O) groups is 1. The Kier molecular flexibility index (Phi) is 7.78. The summed E-state index contributed by atoms with van der Waals surface area (Å²) in [5.41, 5.74) is 0.688. The highest BCUT2D eigenvalue weighted by molar-refractivity contribution is 7.99. The average molecular weight is 511 g/mol. The number of ether oxygens (including phenoxy) is 1. The van der Waals surface area contributed by atoms with Gasteiger partial charge in [0.25, 0.3) is 0 Å². The molecule has 0 bridgehead atoms. The number of benzene rings is 2. The van der Waals surface area contributed by atoms with Gasteiger partial charge in [-0.25, -0.2) is 22.0 Å². The van der Waals surface area contributed by atoms with E-state index in [0.717, 1.165) is 25.7 Å². The maximum atomic E-state index is 14.4. The van der Waals surface area contributed by atoms with Crippen LogP contribution in [0, 0.1) is 41.9 Å². The van der Waals surface area contributed by atoms with Crippen molar-refractivity contribution in [2.24, 2.45) is 5.92 Å². The molecule has 0 N–H and O–H groups in total. The van der Waals surface area contributed by atoms with Gasteiger partial charge in [-0.2, -0.15) is 9.78 Å². The van der Waals surface area contributed by atoms with E-state index >= 15 is 0 Å². The molecule has 4 rings (SSSR count). The highest BCUT2D eigenvalue weighted by atomic mass is 32.2. The zero-order valence-corrected chi connectivity index (χ0v) is 19.7. The number of aryl methyl sites for hydroxylation is 1. The molecule has 0 amide bonds. The third-order valence-electron chi connectivity index (χ3n) is 6.03. The minimum Gasteiger partial charge on any atom is -0.406 e. The van der Waals surface area contributed by atoms with Crippen LogP contribution in [0.1, 0.15) is 50.6 Å². The summed E-state index contributed by atoms with van der Waals surface area (Å²) in [5.74, 6) is -10.5. The number of para-hydroxylation sites is 1. The monoisotopic (exact) mass is 510 g/mol. The first-order valence-corrected chi connectivity index (χ1v) is 12.1. The summed E-state index contributed by atoms with van der Waals surface area (Å²) in [6.45, 7) is 1.49. The lowest BCUT2D eigenvalue weighted by atomic mass is 9.86. The zero-order valence-electron chi connectivity index (χ0n) is 18.9. The summed E-state index contributed by atoms with van der Waals surface area (Å²) < 4.78 is 76.8. The summed E-state index contributed by atoms with van der Waals surface area (Å²) >= 11 is 0.278. The van der Waals surface area contributed by atoms with Crippen LogP contribution in [0.4, 0.5) is 22.0 Å². The molecule has 0 unspecified atom stereocenters. The summed E-state index contributed by atoms with van der Waals surface area (Å²) in [4.78, 5) is 11.6. The van der Waals surface area contributed by atoms with E-state index in [0.29, 0.717) is 18.0 Å². The molecule has 1 aliphatic rings. The summed E-state index contributed by atoms with van der Waals surface area (Å²) in [6, 6.07) is 8.56. The van der Waals surface area contributed by atoms with Gasteiger partial charge in [0.1, 0.15) is 0 Å². The van der Waals surface area contributed by atoms with Gasteiger partial charge in [-0.05, 0) is 31.4 Å². The Morgan fingerprint density at radius 1 is 0.943 bits per heavy atom. The standard InChI is InChI=1S/C25H23F5N2O2S/c1-14-23(35-24-21(29)19(27)18(26)20(28)22(24)30)25(32(31-14)16-10-6-3-7-11-16)34-17(33)13-12-15-8-4-2-5-9-15/h3,6-7,10-11,15H,2,4-5,8-9,12-13H2,1H3. The quantitative estimate of drug-likeness (QED) is 0.145. The lowest BCUT2D eigenvalue weighted by Crippen LogP contribution is -2.15. The number of nitrogens with zero attached hydrogens (tertiary/aromatic N) is 2. The second kappa shape index (κ2) is 10.8. The third-order valence-corrected chi connectivity index (χ3v) is 7.27. The fourth-order valence-corrected chi connectivity index (χ4v) is 5.14. The van der Waals surface area contributed by atoms with Crippen LogP contribution in [-0.2, 0) is 4.79 Å². The lowest BCUT2D eigenvalue weighted by molar-refractivity contribution is -0.135. The van der Waals surface area contributed by atoms with Crippen LogP contribution in [-0.4, -0.2) is 15.7 Å². The first kappa shape index (κ1) is 25.2. The number of rotatable bonds is 7. The number of aromatic nitrogens is 2. The summed E-state index contributed by atoms with van der Waals surface area (Å²) in [7, 11) is 0. The maximum Gasteiger partial charge on any atom is 0.312 e. The van der Waals surface area contributed by atoms with Gasteiger partial charge in [0.05, 0.1) is 21.2 Å². The van der Waals surface area contributed by atoms with Crippen molar-refractivity contribution in [3.8, 4) is 11.6 Å². The van der Waals surface area contributed by atoms with Crippen molar-refractivity contribution in [3.05, 3.63) is 65.1 Å². The number of esters is 1. The van der Waals surface area contributed by atoms with Crippen LogP contribution in [0.25, 0.3) is 5.69 Å². The number of halogens is 5. The fourth-order valence-electron chi connectivity index (χ4n) is 4.18. The average Bonchev–Trinajstić information content (AvgIpc) is 3.18. The molecular weight excluding hydrogens is 487 g/mol. The maximum absolute atomic E-state index is 14.4. The molecule has 1 heterocycles. The molecule has 186 valence electrons. The third kappa shape index (κ3) is 5.37.